The van der Waals surface area contributed by atoms with E-state index in [0.717, 1.165) is 18.3 Å². The molecule has 0 bridgehead atoms. The van der Waals surface area contributed by atoms with Gasteiger partial charge in [-0.25, -0.2) is 0 Å². The van der Waals surface area contributed by atoms with Gasteiger partial charge in [0.25, 0.3) is 0 Å². The van der Waals surface area contributed by atoms with Crippen LogP contribution in [0, 0.1) is 0 Å². The molecule has 26 heavy (non-hydrogen) atoms. The molecule has 1 aliphatic carbocycles. The fourth-order valence-electron chi connectivity index (χ4n) is 3.52. The molecule has 0 atom stereocenters. The van der Waals surface area contributed by atoms with Gasteiger partial charge >= 0.3 is 0 Å². The van der Waals surface area contributed by atoms with Crippen LogP contribution < -0.4 is 15.4 Å². The molecule has 2 aromatic rings. The van der Waals surface area contributed by atoms with Gasteiger partial charge in [0.2, 0.25) is 5.96 Å². The van der Waals surface area contributed by atoms with Gasteiger partial charge in [-0.1, -0.05) is 42.5 Å². The third-order valence-corrected chi connectivity index (χ3v) is 5.52. The molecule has 0 aromatic heterocycles. The van der Waals surface area contributed by atoms with Crippen molar-refractivity contribution in [2.75, 3.05) is 7.11 Å². The molecular formula is C21H26IN3O. The van der Waals surface area contributed by atoms with Gasteiger partial charge in [0, 0.05) is 12.6 Å². The Bertz CT molecular complexity index is 695. The SMILES string of the molecule is COc1ccc(CN/C(=N\I)N[C@H]2CC[C@@H](c3ccccc3)CC2)cc1. The highest BCUT2D eigenvalue weighted by Gasteiger charge is 2.22. The topological polar surface area (TPSA) is 45.6 Å². The zero-order chi connectivity index (χ0) is 18.2. The van der Waals surface area contributed by atoms with Crippen molar-refractivity contribution in [2.45, 2.75) is 44.2 Å². The summed E-state index contributed by atoms with van der Waals surface area (Å²) in [7, 11) is 1.69. The number of ether oxygens (including phenoxy) is 1. The molecule has 0 amide bonds. The predicted octanol–water partition coefficient (Wildman–Crippen LogP) is 4.81. The van der Waals surface area contributed by atoms with Crippen LogP contribution >= 0.6 is 22.9 Å². The van der Waals surface area contributed by atoms with Gasteiger partial charge in [-0.15, -0.1) is 0 Å². The van der Waals surface area contributed by atoms with E-state index in [1.807, 2.05) is 12.1 Å². The molecule has 1 fully saturated rings. The second-order valence-electron chi connectivity index (χ2n) is 6.74. The Labute approximate surface area is 169 Å². The van der Waals surface area contributed by atoms with Crippen LogP contribution in [0.5, 0.6) is 5.75 Å². The van der Waals surface area contributed by atoms with Crippen LogP contribution in [0.15, 0.2) is 57.8 Å². The van der Waals surface area contributed by atoms with Gasteiger partial charge in [-0.2, -0.15) is 3.21 Å². The number of halogens is 1. The summed E-state index contributed by atoms with van der Waals surface area (Å²) in [6, 6.07) is 19.5. The molecule has 0 spiro atoms. The lowest BCUT2D eigenvalue weighted by Crippen LogP contribution is -2.44. The summed E-state index contributed by atoms with van der Waals surface area (Å²) in [5.74, 6) is 2.44. The molecule has 4 nitrogen and oxygen atoms in total. The van der Waals surface area contributed by atoms with Gasteiger partial charge in [0.15, 0.2) is 0 Å². The molecule has 0 aliphatic heterocycles. The molecule has 1 saturated carbocycles. The van der Waals surface area contributed by atoms with Gasteiger partial charge < -0.3 is 15.4 Å². The summed E-state index contributed by atoms with van der Waals surface area (Å²) in [6.07, 6.45) is 4.82. The van der Waals surface area contributed by atoms with Crippen molar-refractivity contribution in [3.8, 4) is 5.75 Å². The summed E-state index contributed by atoms with van der Waals surface area (Å²) >= 11 is 2.06. The smallest absolute Gasteiger partial charge is 0.202 e. The molecule has 138 valence electrons. The van der Waals surface area contributed by atoms with E-state index in [-0.39, 0.29) is 0 Å². The normalized spacial score (nSPS) is 20.5. The highest BCUT2D eigenvalue weighted by molar-refractivity contribution is 14.1. The van der Waals surface area contributed by atoms with Crippen LogP contribution in [0.1, 0.15) is 42.7 Å². The maximum absolute atomic E-state index is 5.20. The van der Waals surface area contributed by atoms with Gasteiger partial charge in [-0.3, -0.25) is 0 Å². The molecule has 0 heterocycles. The summed E-state index contributed by atoms with van der Waals surface area (Å²) in [5, 5.41) is 6.98. The lowest BCUT2D eigenvalue weighted by molar-refractivity contribution is 0.371. The van der Waals surface area contributed by atoms with Gasteiger partial charge in [-0.05, 0) is 54.9 Å². The van der Waals surface area contributed by atoms with Crippen LogP contribution in [0.25, 0.3) is 0 Å². The largest absolute Gasteiger partial charge is 0.497 e. The van der Waals surface area contributed by atoms with Crippen LogP contribution in [-0.4, -0.2) is 19.1 Å². The fourth-order valence-corrected chi connectivity index (χ4v) is 3.83. The first-order chi connectivity index (χ1) is 12.8. The second-order valence-corrected chi connectivity index (χ2v) is 7.22. The quantitative estimate of drug-likeness (QED) is 0.380. The lowest BCUT2D eigenvalue weighted by atomic mass is 9.82. The molecule has 0 saturated heterocycles. The number of hydrogen-bond donors (Lipinski definition) is 2. The van der Waals surface area contributed by atoms with E-state index in [4.69, 9.17) is 4.74 Å². The van der Waals surface area contributed by atoms with E-state index in [9.17, 15) is 0 Å². The third kappa shape index (κ3) is 5.37. The Kier molecular flexibility index (Phi) is 7.17. The Balaban J connectivity index is 1.45. The molecule has 3 rings (SSSR count). The first kappa shape index (κ1) is 19.0. The highest BCUT2D eigenvalue weighted by Crippen LogP contribution is 2.32. The minimum Gasteiger partial charge on any atom is -0.497 e. The molecule has 2 aromatic carbocycles. The maximum Gasteiger partial charge on any atom is 0.202 e. The highest BCUT2D eigenvalue weighted by atomic mass is 127. The number of nitrogens with one attached hydrogen (secondary N) is 2. The van der Waals surface area contributed by atoms with E-state index >= 15 is 0 Å². The third-order valence-electron chi connectivity index (χ3n) is 5.04. The van der Waals surface area contributed by atoms with E-state index in [0.29, 0.717) is 12.0 Å². The van der Waals surface area contributed by atoms with Crippen LogP contribution in [0.3, 0.4) is 0 Å². The monoisotopic (exact) mass is 463 g/mol. The predicted molar refractivity (Wildman–Crippen MR) is 116 cm³/mol. The summed E-state index contributed by atoms with van der Waals surface area (Å²) in [6.45, 7) is 0.748. The number of nitrogens with zero attached hydrogens (tertiary/aromatic N) is 1. The summed E-state index contributed by atoms with van der Waals surface area (Å²) in [4.78, 5) is 0. The van der Waals surface area contributed by atoms with Crippen LogP contribution in [0.2, 0.25) is 0 Å². The van der Waals surface area contributed by atoms with Crippen LogP contribution in [-0.2, 0) is 6.54 Å². The van der Waals surface area contributed by atoms with Gasteiger partial charge in [0.1, 0.15) is 5.75 Å². The second kappa shape index (κ2) is 9.80. The molecule has 0 radical (unpaired) electrons. The van der Waals surface area contributed by atoms with Crippen molar-refractivity contribution >= 4 is 28.8 Å². The number of methoxy groups -OCH3 is 1. The molecule has 2 N–H and O–H groups in total. The zero-order valence-electron chi connectivity index (χ0n) is 15.1. The average Bonchev–Trinajstić information content (AvgIpc) is 2.72. The van der Waals surface area contributed by atoms with E-state index in [1.54, 1.807) is 7.11 Å². The first-order valence-electron chi connectivity index (χ1n) is 9.15. The maximum atomic E-state index is 5.20. The van der Waals surface area contributed by atoms with Crippen molar-refractivity contribution in [1.82, 2.24) is 10.6 Å². The zero-order valence-corrected chi connectivity index (χ0v) is 17.3. The standard InChI is InChI=1S/C21H26IN3O/c1-26-20-13-7-16(8-14-20)15-23-21(25-22)24-19-11-9-18(10-12-19)17-5-3-2-4-6-17/h2-8,13-14,18-19H,9-12,15H2,1H3,(H2,23,24,25)/t18-,19+. The average molecular weight is 463 g/mol. The number of hydrogen-bond acceptors (Lipinski definition) is 2. The van der Waals surface area contributed by atoms with Crippen molar-refractivity contribution in [1.29, 1.82) is 0 Å². The Morgan fingerprint density at radius 2 is 1.73 bits per heavy atom. The summed E-state index contributed by atoms with van der Waals surface area (Å²) < 4.78 is 9.55. The van der Waals surface area contributed by atoms with E-state index in [1.165, 1.54) is 36.8 Å². The molecule has 1 aliphatic rings. The van der Waals surface area contributed by atoms with Crippen molar-refractivity contribution in [3.05, 3.63) is 65.7 Å². The number of guanidine groups is 1. The number of rotatable bonds is 5. The van der Waals surface area contributed by atoms with E-state index in [2.05, 4.69) is 79.2 Å². The molecular weight excluding hydrogens is 437 g/mol. The minimum absolute atomic E-state index is 0.492. The van der Waals surface area contributed by atoms with Crippen LogP contribution in [0.4, 0.5) is 0 Å². The Hall–Kier alpha value is -1.76. The Morgan fingerprint density at radius 1 is 1.04 bits per heavy atom. The molecule has 5 heteroatoms. The number of benzene rings is 2. The first-order valence-corrected chi connectivity index (χ1v) is 10.1. The fraction of sp³-hybridized carbons (Fsp3) is 0.381. The lowest BCUT2D eigenvalue weighted by Gasteiger charge is -2.30. The summed E-state index contributed by atoms with van der Waals surface area (Å²) in [5.41, 5.74) is 2.68. The van der Waals surface area contributed by atoms with Crippen molar-refractivity contribution in [3.63, 3.8) is 0 Å². The van der Waals surface area contributed by atoms with Gasteiger partial charge in [0.05, 0.1) is 30.0 Å². The Morgan fingerprint density at radius 3 is 2.35 bits per heavy atom. The van der Waals surface area contributed by atoms with Crippen molar-refractivity contribution in [2.24, 2.45) is 3.21 Å². The minimum atomic E-state index is 0.492. The van der Waals surface area contributed by atoms with Crippen molar-refractivity contribution < 1.29 is 4.74 Å². The molecule has 0 unspecified atom stereocenters. The van der Waals surface area contributed by atoms with E-state index < -0.39 is 0 Å².